The average molecular weight is 363 g/mol. The van der Waals surface area contributed by atoms with Gasteiger partial charge in [-0.25, -0.2) is 13.1 Å². The van der Waals surface area contributed by atoms with E-state index in [1.165, 1.54) is 11.3 Å². The first-order chi connectivity index (χ1) is 11.4. The minimum Gasteiger partial charge on any atom is -0.339 e. The van der Waals surface area contributed by atoms with Gasteiger partial charge in [0.05, 0.1) is 0 Å². The van der Waals surface area contributed by atoms with E-state index in [0.717, 1.165) is 16.0 Å². The molecule has 0 fully saturated rings. The van der Waals surface area contributed by atoms with Gasteiger partial charge in [0.2, 0.25) is 21.7 Å². The van der Waals surface area contributed by atoms with Crippen LogP contribution in [0.2, 0.25) is 0 Å². The van der Waals surface area contributed by atoms with E-state index in [2.05, 4.69) is 14.9 Å². The second-order valence-electron chi connectivity index (χ2n) is 5.39. The van der Waals surface area contributed by atoms with Crippen molar-refractivity contribution < 1.29 is 12.9 Å². The van der Waals surface area contributed by atoms with Crippen molar-refractivity contribution in [2.75, 3.05) is 6.54 Å². The Hall–Kier alpha value is -2.03. The zero-order chi connectivity index (χ0) is 17.2. The van der Waals surface area contributed by atoms with Crippen molar-refractivity contribution in [1.29, 1.82) is 0 Å². The van der Waals surface area contributed by atoms with Gasteiger partial charge in [-0.15, -0.1) is 11.3 Å². The molecule has 8 heteroatoms. The summed E-state index contributed by atoms with van der Waals surface area (Å²) in [4.78, 5) is 5.26. The second-order valence-corrected chi connectivity index (χ2v) is 8.68. The third kappa shape index (κ3) is 3.89. The van der Waals surface area contributed by atoms with Gasteiger partial charge in [0.15, 0.2) is 0 Å². The van der Waals surface area contributed by atoms with Crippen LogP contribution in [0.3, 0.4) is 0 Å². The highest BCUT2D eigenvalue weighted by molar-refractivity contribution is 7.91. The van der Waals surface area contributed by atoms with Crippen LogP contribution in [-0.2, 0) is 16.4 Å². The Labute approximate surface area is 144 Å². The molecule has 0 aliphatic rings. The minimum atomic E-state index is -3.48. The molecule has 0 spiro atoms. The smallest absolute Gasteiger partial charge is 0.250 e. The van der Waals surface area contributed by atoms with Crippen LogP contribution in [0.25, 0.3) is 11.4 Å². The molecule has 3 rings (SSSR count). The first kappa shape index (κ1) is 16.8. The summed E-state index contributed by atoms with van der Waals surface area (Å²) in [5.74, 6) is 0.905. The number of nitrogens with zero attached hydrogens (tertiary/aromatic N) is 2. The van der Waals surface area contributed by atoms with Crippen LogP contribution in [0, 0.1) is 13.8 Å². The van der Waals surface area contributed by atoms with Crippen LogP contribution in [0.4, 0.5) is 0 Å². The molecule has 0 amide bonds. The Morgan fingerprint density at radius 3 is 2.75 bits per heavy atom. The number of hydrogen-bond donors (Lipinski definition) is 1. The molecule has 3 aromatic rings. The third-order valence-electron chi connectivity index (χ3n) is 3.36. The fraction of sp³-hybridized carbons (Fsp3) is 0.250. The molecule has 1 aromatic carbocycles. The lowest BCUT2D eigenvalue weighted by Crippen LogP contribution is -2.25. The van der Waals surface area contributed by atoms with Crippen molar-refractivity contribution in [2.45, 2.75) is 24.5 Å². The summed E-state index contributed by atoms with van der Waals surface area (Å²) in [6.07, 6.45) is 0.336. The Kier molecular flexibility index (Phi) is 4.79. The average Bonchev–Trinajstić information content (AvgIpc) is 3.16. The molecule has 24 heavy (non-hydrogen) atoms. The lowest BCUT2D eigenvalue weighted by molar-refractivity contribution is 0.379. The number of nitrogens with one attached hydrogen (secondary N) is 1. The molecular formula is C16H17N3O3S2. The second kappa shape index (κ2) is 6.84. The number of hydrogen-bond acceptors (Lipinski definition) is 6. The number of thiophene rings is 1. The molecule has 0 unspecified atom stereocenters. The zero-order valence-electron chi connectivity index (χ0n) is 13.3. The SMILES string of the molecule is Cc1cccc(-c2noc(CCNS(=O)(=O)c3ccc(C)s3)n2)c1. The number of aryl methyl sites for hydroxylation is 2. The fourth-order valence-corrected chi connectivity index (χ4v) is 4.54. The number of sulfonamides is 1. The van der Waals surface area contributed by atoms with Crippen molar-refractivity contribution in [3.05, 3.63) is 52.7 Å². The molecule has 2 heterocycles. The summed E-state index contributed by atoms with van der Waals surface area (Å²) in [5.41, 5.74) is 1.98. The molecule has 0 aliphatic heterocycles. The fourth-order valence-electron chi connectivity index (χ4n) is 2.18. The maximum Gasteiger partial charge on any atom is 0.250 e. The van der Waals surface area contributed by atoms with Gasteiger partial charge in [-0.2, -0.15) is 4.98 Å². The normalized spacial score (nSPS) is 11.8. The Bertz CT molecular complexity index is 945. The van der Waals surface area contributed by atoms with E-state index in [9.17, 15) is 8.42 Å². The topological polar surface area (TPSA) is 85.1 Å². The van der Waals surface area contributed by atoms with Crippen LogP contribution >= 0.6 is 11.3 Å². The van der Waals surface area contributed by atoms with Gasteiger partial charge in [0.25, 0.3) is 0 Å². The van der Waals surface area contributed by atoms with Gasteiger partial charge in [0, 0.05) is 23.4 Å². The molecule has 0 bridgehead atoms. The maximum absolute atomic E-state index is 12.1. The molecule has 0 radical (unpaired) electrons. The van der Waals surface area contributed by atoms with Gasteiger partial charge in [-0.1, -0.05) is 28.9 Å². The molecule has 1 N–H and O–H groups in total. The highest BCUT2D eigenvalue weighted by Gasteiger charge is 2.16. The van der Waals surface area contributed by atoms with Crippen LogP contribution < -0.4 is 4.72 Å². The first-order valence-electron chi connectivity index (χ1n) is 7.40. The Balaban J connectivity index is 1.62. The molecule has 2 aromatic heterocycles. The zero-order valence-corrected chi connectivity index (χ0v) is 14.9. The molecule has 0 saturated carbocycles. The first-order valence-corrected chi connectivity index (χ1v) is 9.70. The predicted octanol–water partition coefficient (Wildman–Crippen LogP) is 2.94. The molecular weight excluding hydrogens is 346 g/mol. The maximum atomic E-state index is 12.1. The highest BCUT2D eigenvalue weighted by Crippen LogP contribution is 2.20. The van der Waals surface area contributed by atoms with Crippen LogP contribution in [0.15, 0.2) is 45.1 Å². The number of benzene rings is 1. The van der Waals surface area contributed by atoms with Crippen LogP contribution in [-0.4, -0.2) is 25.1 Å². The minimum absolute atomic E-state index is 0.203. The molecule has 126 valence electrons. The van der Waals surface area contributed by atoms with Gasteiger partial charge in [0.1, 0.15) is 4.21 Å². The Morgan fingerprint density at radius 2 is 2.04 bits per heavy atom. The molecule has 6 nitrogen and oxygen atoms in total. The highest BCUT2D eigenvalue weighted by atomic mass is 32.2. The van der Waals surface area contributed by atoms with Gasteiger partial charge >= 0.3 is 0 Å². The van der Waals surface area contributed by atoms with E-state index in [-0.39, 0.29) is 6.54 Å². The van der Waals surface area contributed by atoms with E-state index in [1.54, 1.807) is 12.1 Å². The van der Waals surface area contributed by atoms with Gasteiger partial charge in [-0.05, 0) is 32.0 Å². The summed E-state index contributed by atoms with van der Waals surface area (Å²) in [6, 6.07) is 11.2. The van der Waals surface area contributed by atoms with Crippen molar-refractivity contribution >= 4 is 21.4 Å². The van der Waals surface area contributed by atoms with E-state index in [1.807, 2.05) is 38.1 Å². The lowest BCUT2D eigenvalue weighted by atomic mass is 10.1. The van der Waals surface area contributed by atoms with E-state index < -0.39 is 10.0 Å². The standard InChI is InChI=1S/C16H17N3O3S2/c1-11-4-3-5-13(10-11)16-18-14(22-19-16)8-9-17-24(20,21)15-7-6-12(2)23-15/h3-7,10,17H,8-9H2,1-2H3. The van der Waals surface area contributed by atoms with Crippen LogP contribution in [0.5, 0.6) is 0 Å². The van der Waals surface area contributed by atoms with Crippen molar-refractivity contribution in [1.82, 2.24) is 14.9 Å². The monoisotopic (exact) mass is 363 g/mol. The third-order valence-corrected chi connectivity index (χ3v) is 6.31. The van der Waals surface area contributed by atoms with Crippen molar-refractivity contribution in [3.63, 3.8) is 0 Å². The van der Waals surface area contributed by atoms with E-state index in [0.29, 0.717) is 22.3 Å². The molecule has 0 atom stereocenters. The predicted molar refractivity (Wildman–Crippen MR) is 92.4 cm³/mol. The Morgan fingerprint density at radius 1 is 1.21 bits per heavy atom. The number of aromatic nitrogens is 2. The lowest BCUT2D eigenvalue weighted by Gasteiger charge is -2.02. The van der Waals surface area contributed by atoms with Gasteiger partial charge in [-0.3, -0.25) is 0 Å². The van der Waals surface area contributed by atoms with Crippen molar-refractivity contribution in [2.24, 2.45) is 0 Å². The molecule has 0 saturated heterocycles. The van der Waals surface area contributed by atoms with Gasteiger partial charge < -0.3 is 4.52 Å². The quantitative estimate of drug-likeness (QED) is 0.728. The summed E-state index contributed by atoms with van der Waals surface area (Å²) >= 11 is 1.24. The summed E-state index contributed by atoms with van der Waals surface area (Å²) in [6.45, 7) is 4.06. The van der Waals surface area contributed by atoms with E-state index in [4.69, 9.17) is 4.52 Å². The van der Waals surface area contributed by atoms with E-state index >= 15 is 0 Å². The number of rotatable bonds is 6. The summed E-state index contributed by atoms with van der Waals surface area (Å²) < 4.78 is 32.3. The summed E-state index contributed by atoms with van der Waals surface area (Å²) in [5, 5.41) is 3.94. The van der Waals surface area contributed by atoms with Crippen molar-refractivity contribution in [3.8, 4) is 11.4 Å². The van der Waals surface area contributed by atoms with Crippen LogP contribution in [0.1, 0.15) is 16.3 Å². The summed E-state index contributed by atoms with van der Waals surface area (Å²) in [7, 11) is -3.48. The largest absolute Gasteiger partial charge is 0.339 e. The molecule has 0 aliphatic carbocycles.